The van der Waals surface area contributed by atoms with Crippen LogP contribution in [0.15, 0.2) is 28.8 Å². The monoisotopic (exact) mass is 431 g/mol. The highest BCUT2D eigenvalue weighted by Crippen LogP contribution is 2.20. The lowest BCUT2D eigenvalue weighted by molar-refractivity contribution is 0.102. The van der Waals surface area contributed by atoms with E-state index in [4.69, 9.17) is 4.99 Å². The molecule has 1 saturated heterocycles. The van der Waals surface area contributed by atoms with E-state index in [2.05, 4.69) is 68.6 Å². The number of rotatable bonds is 10. The fraction of sp³-hybridized carbons (Fsp3) is 0.682. The van der Waals surface area contributed by atoms with Crippen LogP contribution < -0.4 is 10.6 Å². The zero-order chi connectivity index (χ0) is 21.2. The highest BCUT2D eigenvalue weighted by Gasteiger charge is 2.27. The van der Waals surface area contributed by atoms with Gasteiger partial charge in [0, 0.05) is 36.5 Å². The molecule has 0 unspecified atom stereocenters. The summed E-state index contributed by atoms with van der Waals surface area (Å²) in [7, 11) is 0. The van der Waals surface area contributed by atoms with Gasteiger partial charge in [0.15, 0.2) is 5.96 Å². The van der Waals surface area contributed by atoms with Crippen LogP contribution in [0.2, 0.25) is 0 Å². The molecule has 3 heterocycles. The summed E-state index contributed by atoms with van der Waals surface area (Å²) in [4.78, 5) is 8.95. The minimum absolute atomic E-state index is 0.0758. The fourth-order valence-corrected chi connectivity index (χ4v) is 4.55. The second-order valence-electron chi connectivity index (χ2n) is 8.50. The van der Waals surface area contributed by atoms with Crippen molar-refractivity contribution in [2.45, 2.75) is 65.0 Å². The van der Waals surface area contributed by atoms with Gasteiger partial charge in [0.2, 0.25) is 0 Å². The Kier molecular flexibility index (Phi) is 8.69. The molecule has 2 aromatic rings. The van der Waals surface area contributed by atoms with E-state index in [0.717, 1.165) is 50.8 Å². The van der Waals surface area contributed by atoms with E-state index in [1.165, 1.54) is 37.2 Å². The van der Waals surface area contributed by atoms with Crippen LogP contribution in [-0.4, -0.2) is 63.9 Å². The lowest BCUT2D eigenvalue weighted by atomic mass is 9.99. The van der Waals surface area contributed by atoms with Crippen molar-refractivity contribution in [3.63, 3.8) is 0 Å². The molecule has 0 atom stereocenters. The van der Waals surface area contributed by atoms with Crippen molar-refractivity contribution in [2.75, 3.05) is 32.7 Å². The molecule has 2 N–H and O–H groups in total. The van der Waals surface area contributed by atoms with Crippen LogP contribution in [0.4, 0.5) is 0 Å². The Balaban J connectivity index is 1.56. The van der Waals surface area contributed by atoms with E-state index in [0.29, 0.717) is 0 Å². The van der Waals surface area contributed by atoms with E-state index in [1.54, 1.807) is 6.33 Å². The summed E-state index contributed by atoms with van der Waals surface area (Å²) >= 11 is 1.81. The molecule has 1 fully saturated rings. The third kappa shape index (κ3) is 6.80. The van der Waals surface area contributed by atoms with Crippen LogP contribution in [0.1, 0.15) is 50.7 Å². The average molecular weight is 432 g/mol. The zero-order valence-electron chi connectivity index (χ0n) is 18.7. The topological polar surface area (TPSA) is 70.4 Å². The van der Waals surface area contributed by atoms with Crippen molar-refractivity contribution in [3.8, 4) is 0 Å². The Bertz CT molecular complexity index is 760. The fourth-order valence-electron chi connectivity index (χ4n) is 3.84. The van der Waals surface area contributed by atoms with Crippen molar-refractivity contribution < 1.29 is 0 Å². The minimum atomic E-state index is 0.0758. The maximum absolute atomic E-state index is 4.97. The van der Waals surface area contributed by atoms with Gasteiger partial charge in [-0.25, -0.2) is 0 Å². The first-order valence-electron chi connectivity index (χ1n) is 11.2. The molecule has 0 aliphatic carbocycles. The van der Waals surface area contributed by atoms with Crippen molar-refractivity contribution in [1.29, 1.82) is 0 Å². The number of nitrogens with one attached hydrogen (secondary N) is 2. The zero-order valence-corrected chi connectivity index (χ0v) is 19.5. The van der Waals surface area contributed by atoms with Gasteiger partial charge in [0.05, 0.1) is 6.54 Å². The van der Waals surface area contributed by atoms with Crippen molar-refractivity contribution in [3.05, 3.63) is 34.5 Å². The van der Waals surface area contributed by atoms with Gasteiger partial charge in [-0.15, -0.1) is 21.5 Å². The highest BCUT2D eigenvalue weighted by atomic mass is 32.1. The Morgan fingerprint density at radius 1 is 1.20 bits per heavy atom. The molecular weight excluding hydrogens is 394 g/mol. The minimum Gasteiger partial charge on any atom is -0.356 e. The van der Waals surface area contributed by atoms with Gasteiger partial charge in [-0.1, -0.05) is 19.4 Å². The van der Waals surface area contributed by atoms with Gasteiger partial charge >= 0.3 is 0 Å². The van der Waals surface area contributed by atoms with Gasteiger partial charge in [-0.3, -0.25) is 9.89 Å². The Labute approximate surface area is 185 Å². The van der Waals surface area contributed by atoms with Gasteiger partial charge < -0.3 is 15.2 Å². The standard InChI is InChI=1S/C22H37N7S/c1-4-20-27-26-18-28(20)15-12-24-21(23-11-10-19-9-8-16-30-19)25-17-22(2,3)29-13-6-5-7-14-29/h8-9,16,18H,4-7,10-15,17H2,1-3H3,(H2,23,24,25). The molecule has 30 heavy (non-hydrogen) atoms. The number of thiophene rings is 1. The van der Waals surface area contributed by atoms with E-state index in [9.17, 15) is 0 Å². The molecule has 0 radical (unpaired) electrons. The molecule has 2 aromatic heterocycles. The van der Waals surface area contributed by atoms with Gasteiger partial charge in [-0.05, 0) is 57.6 Å². The summed E-state index contributed by atoms with van der Waals surface area (Å²) in [6, 6.07) is 4.30. The molecule has 1 aliphatic rings. The number of nitrogens with zero attached hydrogens (tertiary/aromatic N) is 5. The van der Waals surface area contributed by atoms with Crippen LogP contribution in [0.25, 0.3) is 0 Å². The first-order chi connectivity index (χ1) is 14.6. The summed E-state index contributed by atoms with van der Waals surface area (Å²) in [6.07, 6.45) is 7.67. The number of hydrogen-bond acceptors (Lipinski definition) is 5. The Morgan fingerprint density at radius 3 is 2.73 bits per heavy atom. The van der Waals surface area contributed by atoms with Crippen LogP contribution >= 0.6 is 11.3 Å². The summed E-state index contributed by atoms with van der Waals surface area (Å²) in [6.45, 7) is 12.4. The maximum Gasteiger partial charge on any atom is 0.191 e. The number of likely N-dealkylation sites (tertiary alicyclic amines) is 1. The molecule has 8 heteroatoms. The maximum atomic E-state index is 4.97. The molecular formula is C22H37N7S. The Hall–Kier alpha value is -1.93. The van der Waals surface area contributed by atoms with Crippen LogP contribution in [0.5, 0.6) is 0 Å². The predicted molar refractivity (Wildman–Crippen MR) is 125 cm³/mol. The average Bonchev–Trinajstić information content (AvgIpc) is 3.44. The number of aromatic nitrogens is 3. The Morgan fingerprint density at radius 2 is 2.00 bits per heavy atom. The van der Waals surface area contributed by atoms with Gasteiger partial charge in [0.25, 0.3) is 0 Å². The molecule has 0 spiro atoms. The molecule has 1 aliphatic heterocycles. The normalized spacial score (nSPS) is 16.0. The number of aliphatic imine (C=N–C) groups is 1. The quantitative estimate of drug-likeness (QED) is 0.447. The van der Waals surface area contributed by atoms with E-state index in [1.807, 2.05) is 11.3 Å². The molecule has 7 nitrogen and oxygen atoms in total. The summed E-state index contributed by atoms with van der Waals surface area (Å²) in [5, 5.41) is 17.4. The lowest BCUT2D eigenvalue weighted by Crippen LogP contribution is -2.49. The van der Waals surface area contributed by atoms with E-state index < -0.39 is 0 Å². The number of piperidine rings is 1. The van der Waals surface area contributed by atoms with Crippen LogP contribution in [-0.2, 0) is 19.4 Å². The van der Waals surface area contributed by atoms with E-state index in [-0.39, 0.29) is 5.54 Å². The largest absolute Gasteiger partial charge is 0.356 e. The number of guanidine groups is 1. The summed E-state index contributed by atoms with van der Waals surface area (Å²) < 4.78 is 2.11. The van der Waals surface area contributed by atoms with Gasteiger partial charge in [0.1, 0.15) is 12.2 Å². The summed E-state index contributed by atoms with van der Waals surface area (Å²) in [5.41, 5.74) is 0.0758. The predicted octanol–water partition coefficient (Wildman–Crippen LogP) is 2.94. The van der Waals surface area contributed by atoms with Gasteiger partial charge in [-0.2, -0.15) is 0 Å². The highest BCUT2D eigenvalue weighted by molar-refractivity contribution is 7.09. The lowest BCUT2D eigenvalue weighted by Gasteiger charge is -2.40. The smallest absolute Gasteiger partial charge is 0.191 e. The number of aryl methyl sites for hydroxylation is 1. The third-order valence-electron chi connectivity index (χ3n) is 5.74. The molecule has 0 amide bonds. The molecule has 0 saturated carbocycles. The second-order valence-corrected chi connectivity index (χ2v) is 9.53. The molecule has 3 rings (SSSR count). The number of hydrogen-bond donors (Lipinski definition) is 2. The summed E-state index contributed by atoms with van der Waals surface area (Å²) in [5.74, 6) is 1.91. The van der Waals surface area contributed by atoms with E-state index >= 15 is 0 Å². The molecule has 0 aromatic carbocycles. The third-order valence-corrected chi connectivity index (χ3v) is 6.67. The van der Waals surface area contributed by atoms with Crippen molar-refractivity contribution >= 4 is 17.3 Å². The van der Waals surface area contributed by atoms with Crippen LogP contribution in [0, 0.1) is 0 Å². The van der Waals surface area contributed by atoms with Crippen molar-refractivity contribution in [2.24, 2.45) is 4.99 Å². The molecule has 0 bridgehead atoms. The SMILES string of the molecule is CCc1nncn1CCNC(=NCC(C)(C)N1CCCCC1)NCCc1cccs1. The molecule has 166 valence electrons. The first-order valence-corrected chi connectivity index (χ1v) is 12.1. The second kappa shape index (κ2) is 11.5. The first kappa shape index (κ1) is 22.7. The van der Waals surface area contributed by atoms with Crippen molar-refractivity contribution in [1.82, 2.24) is 30.3 Å². The van der Waals surface area contributed by atoms with Crippen LogP contribution in [0.3, 0.4) is 0 Å².